The summed E-state index contributed by atoms with van der Waals surface area (Å²) < 4.78 is 22.7. The zero-order valence-corrected chi connectivity index (χ0v) is 23.5. The maximum absolute atomic E-state index is 13.2. The molecule has 0 aromatic heterocycles. The zero-order chi connectivity index (χ0) is 27.8. The molecule has 2 amide bonds. The van der Waals surface area contributed by atoms with E-state index >= 15 is 0 Å². The fourth-order valence-corrected chi connectivity index (χ4v) is 5.78. The van der Waals surface area contributed by atoms with Crippen molar-refractivity contribution in [2.75, 3.05) is 26.2 Å². The van der Waals surface area contributed by atoms with Crippen LogP contribution in [0.4, 0.5) is 10.5 Å². The molecule has 3 heterocycles. The van der Waals surface area contributed by atoms with Crippen LogP contribution in [0.3, 0.4) is 0 Å². The Kier molecular flexibility index (Phi) is 8.14. The summed E-state index contributed by atoms with van der Waals surface area (Å²) in [6.45, 7) is 5.85. The van der Waals surface area contributed by atoms with E-state index in [1.54, 1.807) is 31.2 Å². The summed E-state index contributed by atoms with van der Waals surface area (Å²) in [5.74, 6) is 0.170. The quantitative estimate of drug-likeness (QED) is 0.534. The van der Waals surface area contributed by atoms with Crippen LogP contribution >= 0.6 is 11.6 Å². The number of carbonyl (C=O) groups excluding carboxylic acids is 2. The molecule has 4 bridgehead atoms. The summed E-state index contributed by atoms with van der Waals surface area (Å²) in [5, 5.41) is 14.3. The Bertz CT molecular complexity index is 1150. The molecule has 1 unspecified atom stereocenters. The minimum Gasteiger partial charge on any atom is -0.495 e. The fourth-order valence-electron chi connectivity index (χ4n) is 5.46. The highest BCUT2D eigenvalue weighted by molar-refractivity contribution is 6.35. The number of nitrogens with one attached hydrogen (secondary N) is 1. The van der Waals surface area contributed by atoms with Crippen LogP contribution in [0.15, 0.2) is 35.9 Å². The summed E-state index contributed by atoms with van der Waals surface area (Å²) in [4.78, 5) is 27.2. The highest BCUT2D eigenvalue weighted by atomic mass is 35.5. The second kappa shape index (κ2) is 10.9. The number of halogens is 1. The Morgan fingerprint density at radius 1 is 1.26 bits per heavy atom. The van der Waals surface area contributed by atoms with E-state index < -0.39 is 29.6 Å². The molecule has 4 rings (SSSR count). The molecule has 38 heavy (non-hydrogen) atoms. The van der Waals surface area contributed by atoms with Crippen molar-refractivity contribution >= 4 is 29.3 Å². The first-order chi connectivity index (χ1) is 17.9. The lowest BCUT2D eigenvalue weighted by Crippen LogP contribution is -2.63. The number of aliphatic hydroxyl groups is 1. The van der Waals surface area contributed by atoms with E-state index in [9.17, 15) is 14.7 Å². The van der Waals surface area contributed by atoms with Crippen LogP contribution in [0, 0.1) is 5.92 Å². The Morgan fingerprint density at radius 3 is 2.68 bits per heavy atom. The molecule has 2 N–H and O–H groups in total. The summed E-state index contributed by atoms with van der Waals surface area (Å²) >= 11 is 6.61. The Labute approximate surface area is 228 Å². The Balaban J connectivity index is 1.71. The average Bonchev–Trinajstić information content (AvgIpc) is 3.55. The van der Waals surface area contributed by atoms with Gasteiger partial charge in [0.25, 0.3) is 0 Å². The van der Waals surface area contributed by atoms with Crippen LogP contribution in [0.1, 0.15) is 45.6 Å². The van der Waals surface area contributed by atoms with E-state index in [-0.39, 0.29) is 30.8 Å². The van der Waals surface area contributed by atoms with Gasteiger partial charge in [-0.25, -0.2) is 4.79 Å². The van der Waals surface area contributed by atoms with E-state index in [4.69, 9.17) is 30.5 Å². The molecule has 0 radical (unpaired) electrons. The number of epoxide rings is 1. The monoisotopic (exact) mass is 548 g/mol. The van der Waals surface area contributed by atoms with Gasteiger partial charge >= 0.3 is 6.09 Å². The highest BCUT2D eigenvalue weighted by Gasteiger charge is 2.58. The van der Waals surface area contributed by atoms with Crippen molar-refractivity contribution in [3.05, 3.63) is 46.5 Å². The van der Waals surface area contributed by atoms with Gasteiger partial charge in [0.1, 0.15) is 23.0 Å². The number of amides is 2. The van der Waals surface area contributed by atoms with E-state index in [2.05, 4.69) is 5.32 Å². The van der Waals surface area contributed by atoms with Crippen molar-refractivity contribution < 1.29 is 33.6 Å². The van der Waals surface area contributed by atoms with Gasteiger partial charge in [0, 0.05) is 32.9 Å². The maximum atomic E-state index is 13.2. The van der Waals surface area contributed by atoms with Gasteiger partial charge in [-0.3, -0.25) is 10.1 Å². The number of rotatable bonds is 2. The Morgan fingerprint density at radius 2 is 2.00 bits per heavy atom. The summed E-state index contributed by atoms with van der Waals surface area (Å²) in [5.41, 5.74) is 0.297. The molecule has 208 valence electrons. The molecule has 6 atom stereocenters. The van der Waals surface area contributed by atoms with Gasteiger partial charge in [0.15, 0.2) is 5.72 Å². The molecule has 0 spiro atoms. The maximum Gasteiger partial charge on any atom is 0.409 e. The number of allylic oxidation sites excluding steroid dienone is 3. The number of anilines is 1. The van der Waals surface area contributed by atoms with E-state index in [0.717, 1.165) is 11.1 Å². The van der Waals surface area contributed by atoms with Crippen LogP contribution in [0.5, 0.6) is 5.75 Å². The number of carbonyl (C=O) groups is 2. The first kappa shape index (κ1) is 28.4. The van der Waals surface area contributed by atoms with Gasteiger partial charge in [-0.1, -0.05) is 42.3 Å². The van der Waals surface area contributed by atoms with Gasteiger partial charge in [-0.15, -0.1) is 0 Å². The van der Waals surface area contributed by atoms with Crippen LogP contribution in [-0.4, -0.2) is 68.0 Å². The number of methoxy groups -OCH3 is 2. The lowest BCUT2D eigenvalue weighted by molar-refractivity contribution is -0.142. The minimum atomic E-state index is -1.66. The van der Waals surface area contributed by atoms with Gasteiger partial charge in [0.2, 0.25) is 5.91 Å². The predicted molar refractivity (Wildman–Crippen MR) is 143 cm³/mol. The Hall–Kier alpha value is -2.59. The van der Waals surface area contributed by atoms with Crippen molar-refractivity contribution in [3.63, 3.8) is 0 Å². The third-order valence-corrected chi connectivity index (χ3v) is 8.22. The van der Waals surface area contributed by atoms with Crippen molar-refractivity contribution in [2.24, 2.45) is 5.92 Å². The number of benzene rings is 1. The van der Waals surface area contributed by atoms with Gasteiger partial charge < -0.3 is 29.0 Å². The predicted octanol–water partition coefficient (Wildman–Crippen LogP) is 4.15. The fraction of sp³-hybridized carbons (Fsp3) is 0.571. The molecule has 1 aromatic carbocycles. The number of nitrogens with zero attached hydrogens (tertiary/aromatic N) is 1. The van der Waals surface area contributed by atoms with E-state index in [1.165, 1.54) is 7.11 Å². The van der Waals surface area contributed by atoms with Crippen molar-refractivity contribution in [1.82, 2.24) is 5.32 Å². The molecule has 10 heteroatoms. The minimum absolute atomic E-state index is 0.104. The topological polar surface area (TPSA) is 110 Å². The van der Waals surface area contributed by atoms with Crippen LogP contribution in [-0.2, 0) is 25.4 Å². The summed E-state index contributed by atoms with van der Waals surface area (Å²) in [6.07, 6.45) is 4.46. The second-order valence-corrected chi connectivity index (χ2v) is 11.1. The molecule has 9 nitrogen and oxygen atoms in total. The smallest absolute Gasteiger partial charge is 0.409 e. The second-order valence-electron chi connectivity index (χ2n) is 10.7. The third-order valence-electron chi connectivity index (χ3n) is 7.84. The van der Waals surface area contributed by atoms with Crippen LogP contribution < -0.4 is 15.0 Å². The SMILES string of the molecule is COc1cc2cc(c1Cl)N(C)C(=O)CC[C@]1(C)O[C@@H]1[C@@H](C)C1C[C@](O)(NC(=O)O1)[C@@H](OC)/C=C/C=C(\C)C2. The van der Waals surface area contributed by atoms with Crippen molar-refractivity contribution in [2.45, 2.75) is 76.1 Å². The third kappa shape index (κ3) is 5.71. The number of fused-ring (bicyclic) bond motifs is 5. The standard InChI is InChI=1S/C28H37ClN2O7/c1-16-8-7-9-22(36-6)28(34)15-21(37-26(33)30-28)17(2)25-27(3,38-25)11-10-23(32)31(4)19-13-18(12-16)14-20(35-5)24(19)29/h7-9,13-14,17,21-22,25,34H,10-12,15H2,1-6H3,(H,30,33)/b9-7+,16-8+/t17-,21?,22-,25+,27-,28+/m0/s1. The number of alkyl carbamates (subject to hydrolysis) is 1. The summed E-state index contributed by atoms with van der Waals surface area (Å²) in [7, 11) is 4.73. The summed E-state index contributed by atoms with van der Waals surface area (Å²) in [6, 6.07) is 3.76. The van der Waals surface area contributed by atoms with Crippen molar-refractivity contribution in [3.8, 4) is 5.75 Å². The first-order valence-corrected chi connectivity index (χ1v) is 13.2. The molecule has 1 aromatic rings. The molecular weight excluding hydrogens is 512 g/mol. The van der Waals surface area contributed by atoms with E-state index in [0.29, 0.717) is 29.3 Å². The number of hydrogen-bond donors (Lipinski definition) is 2. The lowest BCUT2D eigenvalue weighted by atomic mass is 9.84. The molecule has 3 aliphatic heterocycles. The van der Waals surface area contributed by atoms with Gasteiger partial charge in [-0.05, 0) is 44.4 Å². The van der Waals surface area contributed by atoms with E-state index in [1.807, 2.05) is 39.0 Å². The molecule has 2 fully saturated rings. The highest BCUT2D eigenvalue weighted by Crippen LogP contribution is 2.48. The molecule has 0 aliphatic carbocycles. The average molecular weight is 549 g/mol. The van der Waals surface area contributed by atoms with Gasteiger partial charge in [-0.2, -0.15) is 0 Å². The normalized spacial score (nSPS) is 36.3. The molecule has 2 saturated heterocycles. The largest absolute Gasteiger partial charge is 0.495 e. The van der Waals surface area contributed by atoms with Crippen LogP contribution in [0.2, 0.25) is 5.02 Å². The number of ether oxygens (including phenoxy) is 4. The van der Waals surface area contributed by atoms with Gasteiger partial charge in [0.05, 0.1) is 24.5 Å². The van der Waals surface area contributed by atoms with Crippen molar-refractivity contribution in [1.29, 1.82) is 0 Å². The number of hydrogen-bond acceptors (Lipinski definition) is 7. The zero-order valence-electron chi connectivity index (χ0n) is 22.7. The lowest BCUT2D eigenvalue weighted by Gasteiger charge is -2.42. The molecular formula is C28H37ClN2O7. The molecule has 0 saturated carbocycles. The first-order valence-electron chi connectivity index (χ1n) is 12.8. The van der Waals surface area contributed by atoms with Crippen LogP contribution in [0.25, 0.3) is 0 Å². The molecule has 3 aliphatic rings.